The third-order valence-corrected chi connectivity index (χ3v) is 7.72. The van der Waals surface area contributed by atoms with Gasteiger partial charge in [-0.3, -0.25) is 14.2 Å². The Morgan fingerprint density at radius 3 is 2.90 bits per heavy atom. The van der Waals surface area contributed by atoms with Gasteiger partial charge in [0.15, 0.2) is 0 Å². The SMILES string of the molecule is O=C(CCn1cnc2sc3c(c2c1=O)CCCC3)NCC1CCN(c2ccccc2)C1. The minimum atomic E-state index is -0.00231. The summed E-state index contributed by atoms with van der Waals surface area (Å²) < 4.78 is 1.61. The molecule has 1 fully saturated rings. The van der Waals surface area contributed by atoms with E-state index in [0.29, 0.717) is 25.4 Å². The van der Waals surface area contributed by atoms with Crippen LogP contribution in [0.4, 0.5) is 5.69 Å². The summed E-state index contributed by atoms with van der Waals surface area (Å²) in [4.78, 5) is 34.5. The van der Waals surface area contributed by atoms with Crippen molar-refractivity contribution in [1.82, 2.24) is 14.9 Å². The van der Waals surface area contributed by atoms with Crippen molar-refractivity contribution in [2.24, 2.45) is 5.92 Å². The standard InChI is InChI=1S/C24H28N4O2S/c29-21(25-14-17-10-12-27(15-17)18-6-2-1-3-7-18)11-13-28-16-26-23-22(24(28)30)19-8-4-5-9-20(19)31-23/h1-3,6-7,16-17H,4-5,8-15H2,(H,25,29). The molecule has 1 saturated heterocycles. The molecule has 162 valence electrons. The van der Waals surface area contributed by atoms with Crippen molar-refractivity contribution in [3.05, 3.63) is 57.5 Å². The Labute approximate surface area is 185 Å². The molecule has 0 bridgehead atoms. The van der Waals surface area contributed by atoms with Gasteiger partial charge >= 0.3 is 0 Å². The van der Waals surface area contributed by atoms with Crippen LogP contribution in [0.1, 0.15) is 36.1 Å². The van der Waals surface area contributed by atoms with E-state index in [0.717, 1.165) is 49.0 Å². The quantitative estimate of drug-likeness (QED) is 0.643. The van der Waals surface area contributed by atoms with E-state index in [-0.39, 0.29) is 11.5 Å². The van der Waals surface area contributed by atoms with E-state index in [4.69, 9.17) is 0 Å². The fourth-order valence-electron chi connectivity index (χ4n) is 4.78. The van der Waals surface area contributed by atoms with Crippen molar-refractivity contribution in [2.75, 3.05) is 24.5 Å². The van der Waals surface area contributed by atoms with Crippen LogP contribution in [0.25, 0.3) is 10.2 Å². The number of thiophene rings is 1. The predicted molar refractivity (Wildman–Crippen MR) is 125 cm³/mol. The molecule has 2 aliphatic rings. The number of carbonyl (C=O) groups excluding carboxylic acids is 1. The van der Waals surface area contributed by atoms with Crippen LogP contribution in [0.15, 0.2) is 41.5 Å². The highest BCUT2D eigenvalue weighted by molar-refractivity contribution is 7.18. The lowest BCUT2D eigenvalue weighted by atomic mass is 9.97. The van der Waals surface area contributed by atoms with Crippen LogP contribution in [-0.4, -0.2) is 35.1 Å². The third-order valence-electron chi connectivity index (χ3n) is 6.52. The van der Waals surface area contributed by atoms with E-state index in [1.807, 2.05) is 6.07 Å². The number of nitrogens with one attached hydrogen (secondary N) is 1. The van der Waals surface area contributed by atoms with Crippen LogP contribution in [0.3, 0.4) is 0 Å². The van der Waals surface area contributed by atoms with Gasteiger partial charge in [0.1, 0.15) is 4.83 Å². The van der Waals surface area contributed by atoms with Gasteiger partial charge in [-0.25, -0.2) is 4.98 Å². The van der Waals surface area contributed by atoms with Gasteiger partial charge in [0, 0.05) is 43.2 Å². The van der Waals surface area contributed by atoms with Gasteiger partial charge in [-0.05, 0) is 55.7 Å². The number of carbonyl (C=O) groups is 1. The molecule has 6 nitrogen and oxygen atoms in total. The van der Waals surface area contributed by atoms with Gasteiger partial charge in [-0.15, -0.1) is 11.3 Å². The Kier molecular flexibility index (Phi) is 5.76. The number of benzene rings is 1. The average molecular weight is 437 g/mol. The summed E-state index contributed by atoms with van der Waals surface area (Å²) in [5.74, 6) is 0.458. The zero-order chi connectivity index (χ0) is 21.2. The average Bonchev–Trinajstić information content (AvgIpc) is 3.43. The van der Waals surface area contributed by atoms with Crippen molar-refractivity contribution in [3.63, 3.8) is 0 Å². The predicted octanol–water partition coefficient (Wildman–Crippen LogP) is 3.37. The van der Waals surface area contributed by atoms with Gasteiger partial charge in [0.25, 0.3) is 5.56 Å². The molecule has 1 aliphatic heterocycles. The molecular weight excluding hydrogens is 408 g/mol. The van der Waals surface area contributed by atoms with E-state index in [2.05, 4.69) is 39.5 Å². The molecule has 1 unspecified atom stereocenters. The van der Waals surface area contributed by atoms with Crippen molar-refractivity contribution >= 4 is 33.1 Å². The molecule has 0 radical (unpaired) electrons. The fourth-order valence-corrected chi connectivity index (χ4v) is 6.00. The normalized spacial score (nSPS) is 18.3. The first-order chi connectivity index (χ1) is 15.2. The Bertz CT molecular complexity index is 1140. The fraction of sp³-hybridized carbons (Fsp3) is 0.458. The van der Waals surface area contributed by atoms with Crippen LogP contribution < -0.4 is 15.8 Å². The maximum Gasteiger partial charge on any atom is 0.262 e. The van der Waals surface area contributed by atoms with Crippen LogP contribution in [0, 0.1) is 5.92 Å². The van der Waals surface area contributed by atoms with Crippen molar-refractivity contribution in [3.8, 4) is 0 Å². The lowest BCUT2D eigenvalue weighted by molar-refractivity contribution is -0.121. The Balaban J connectivity index is 1.16. The summed E-state index contributed by atoms with van der Waals surface area (Å²) in [6, 6.07) is 10.4. The van der Waals surface area contributed by atoms with Gasteiger partial charge in [0.05, 0.1) is 11.7 Å². The second-order valence-electron chi connectivity index (χ2n) is 8.62. The first-order valence-electron chi connectivity index (χ1n) is 11.3. The van der Waals surface area contributed by atoms with Crippen LogP contribution in [0.2, 0.25) is 0 Å². The molecule has 7 heteroatoms. The summed E-state index contributed by atoms with van der Waals surface area (Å²) >= 11 is 1.66. The smallest absolute Gasteiger partial charge is 0.262 e. The summed E-state index contributed by atoms with van der Waals surface area (Å²) in [5.41, 5.74) is 2.45. The van der Waals surface area contributed by atoms with E-state index < -0.39 is 0 Å². The van der Waals surface area contributed by atoms with E-state index in [9.17, 15) is 9.59 Å². The number of para-hydroxylation sites is 1. The summed E-state index contributed by atoms with van der Waals surface area (Å²) in [6.07, 6.45) is 7.34. The second kappa shape index (κ2) is 8.83. The lowest BCUT2D eigenvalue weighted by Gasteiger charge is -2.18. The molecule has 1 aromatic carbocycles. The highest BCUT2D eigenvalue weighted by Crippen LogP contribution is 2.33. The molecule has 31 heavy (non-hydrogen) atoms. The van der Waals surface area contributed by atoms with Gasteiger partial charge in [-0.1, -0.05) is 18.2 Å². The molecule has 0 spiro atoms. The first-order valence-corrected chi connectivity index (χ1v) is 12.1. The zero-order valence-electron chi connectivity index (χ0n) is 17.7. The molecule has 3 aromatic rings. The molecule has 0 saturated carbocycles. The summed E-state index contributed by atoms with van der Waals surface area (Å²) in [5, 5.41) is 3.86. The van der Waals surface area contributed by atoms with Gasteiger partial charge in [0.2, 0.25) is 5.91 Å². The number of aryl methyl sites for hydroxylation is 3. The molecule has 1 atom stereocenters. The van der Waals surface area contributed by atoms with Crippen LogP contribution >= 0.6 is 11.3 Å². The van der Waals surface area contributed by atoms with Gasteiger partial charge < -0.3 is 10.2 Å². The number of amides is 1. The topological polar surface area (TPSA) is 67.2 Å². The summed E-state index contributed by atoms with van der Waals surface area (Å²) in [7, 11) is 0. The summed E-state index contributed by atoms with van der Waals surface area (Å²) in [6.45, 7) is 3.05. The van der Waals surface area contributed by atoms with E-state index >= 15 is 0 Å². The lowest BCUT2D eigenvalue weighted by Crippen LogP contribution is -2.32. The molecule has 1 N–H and O–H groups in total. The minimum Gasteiger partial charge on any atom is -0.371 e. The third kappa shape index (κ3) is 4.24. The molecular formula is C24H28N4O2S. The number of aromatic nitrogens is 2. The number of nitrogens with zero attached hydrogens (tertiary/aromatic N) is 3. The molecule has 1 aliphatic carbocycles. The number of rotatable bonds is 6. The maximum absolute atomic E-state index is 13.0. The van der Waals surface area contributed by atoms with Crippen molar-refractivity contribution < 1.29 is 4.79 Å². The largest absolute Gasteiger partial charge is 0.371 e. The maximum atomic E-state index is 13.0. The van der Waals surface area contributed by atoms with Crippen molar-refractivity contribution in [1.29, 1.82) is 0 Å². The number of hydrogen-bond acceptors (Lipinski definition) is 5. The van der Waals surface area contributed by atoms with E-state index in [1.54, 1.807) is 22.2 Å². The number of hydrogen-bond donors (Lipinski definition) is 1. The van der Waals surface area contributed by atoms with Crippen molar-refractivity contribution in [2.45, 2.75) is 45.1 Å². The highest BCUT2D eigenvalue weighted by Gasteiger charge is 2.23. The highest BCUT2D eigenvalue weighted by atomic mass is 32.1. The van der Waals surface area contributed by atoms with E-state index in [1.165, 1.54) is 22.5 Å². The number of anilines is 1. The zero-order valence-corrected chi connectivity index (χ0v) is 18.5. The molecule has 2 aromatic heterocycles. The first kappa shape index (κ1) is 20.2. The molecule has 3 heterocycles. The second-order valence-corrected chi connectivity index (χ2v) is 9.71. The van der Waals surface area contributed by atoms with Crippen LogP contribution in [0.5, 0.6) is 0 Å². The Morgan fingerprint density at radius 2 is 2.03 bits per heavy atom. The van der Waals surface area contributed by atoms with Gasteiger partial charge in [-0.2, -0.15) is 0 Å². The Hall–Kier alpha value is -2.67. The Morgan fingerprint density at radius 1 is 1.19 bits per heavy atom. The minimum absolute atomic E-state index is 0.00231. The van der Waals surface area contributed by atoms with Crippen LogP contribution in [-0.2, 0) is 24.2 Å². The molecule has 5 rings (SSSR count). The monoisotopic (exact) mass is 436 g/mol. The number of fused-ring (bicyclic) bond motifs is 3. The molecule has 1 amide bonds.